The van der Waals surface area contributed by atoms with Gasteiger partial charge in [0.15, 0.2) is 0 Å². The van der Waals surface area contributed by atoms with E-state index in [4.69, 9.17) is 4.74 Å². The molecule has 0 aliphatic carbocycles. The van der Waals surface area contributed by atoms with E-state index in [2.05, 4.69) is 58.0 Å². The molecule has 1 atom stereocenters. The van der Waals surface area contributed by atoms with Gasteiger partial charge in [-0.25, -0.2) is 0 Å². The second-order valence-corrected chi connectivity index (χ2v) is 10.4. The summed E-state index contributed by atoms with van der Waals surface area (Å²) in [5.41, 5.74) is 7.15. The Balaban J connectivity index is 1.26. The zero-order valence-corrected chi connectivity index (χ0v) is 24.7. The average Bonchev–Trinajstić information content (AvgIpc) is 3.06. The minimum absolute atomic E-state index is 0.0509. The highest BCUT2D eigenvalue weighted by Crippen LogP contribution is 2.34. The number of aliphatic hydroxyl groups is 1. The number of hydrogen-bond donors (Lipinski definition) is 4. The molecule has 44 heavy (non-hydrogen) atoms. The maximum absolute atomic E-state index is 11.1. The van der Waals surface area contributed by atoms with Crippen molar-refractivity contribution in [2.24, 2.45) is 0 Å². The van der Waals surface area contributed by atoms with Gasteiger partial charge >= 0.3 is 0 Å². The maximum Gasteiger partial charge on any atom is 0.211 e. The van der Waals surface area contributed by atoms with Crippen LogP contribution in [0.25, 0.3) is 11.1 Å². The van der Waals surface area contributed by atoms with Crippen molar-refractivity contribution in [2.75, 3.05) is 35.2 Å². The first kappa shape index (κ1) is 30.2. The summed E-state index contributed by atoms with van der Waals surface area (Å²) in [6, 6.07) is 39.5. The van der Waals surface area contributed by atoms with Gasteiger partial charge in [0, 0.05) is 35.7 Å². The molecule has 0 unspecified atom stereocenters. The van der Waals surface area contributed by atoms with Crippen LogP contribution in [-0.4, -0.2) is 36.3 Å². The molecule has 1 amide bonds. The van der Waals surface area contributed by atoms with E-state index in [9.17, 15) is 15.0 Å². The molecular weight excluding hydrogens is 550 g/mol. The van der Waals surface area contributed by atoms with Crippen molar-refractivity contribution >= 4 is 29.2 Å². The number of anilines is 4. The summed E-state index contributed by atoms with van der Waals surface area (Å²) in [6.45, 7) is 3.62. The zero-order chi connectivity index (χ0) is 30.7. The summed E-state index contributed by atoms with van der Waals surface area (Å²) in [6.07, 6.45) is 0.448. The molecule has 0 saturated heterocycles. The Morgan fingerprint density at radius 1 is 0.841 bits per heavy atom. The maximum atomic E-state index is 11.1. The number of para-hydroxylation sites is 1. The van der Waals surface area contributed by atoms with Gasteiger partial charge in [-0.1, -0.05) is 66.7 Å². The molecule has 0 bridgehead atoms. The first-order valence-electron chi connectivity index (χ1n) is 14.7. The number of hydrogen-bond acceptors (Lipinski definition) is 6. The van der Waals surface area contributed by atoms with Crippen LogP contribution in [0, 0.1) is 0 Å². The van der Waals surface area contributed by atoms with Gasteiger partial charge in [0.2, 0.25) is 6.41 Å². The van der Waals surface area contributed by atoms with Crippen LogP contribution in [-0.2, 0) is 11.2 Å². The molecule has 5 aromatic carbocycles. The Kier molecular flexibility index (Phi) is 10.1. The molecule has 224 valence electrons. The summed E-state index contributed by atoms with van der Waals surface area (Å²) >= 11 is 0. The topological polar surface area (TPSA) is 94.1 Å². The Morgan fingerprint density at radius 3 is 2.25 bits per heavy atom. The highest BCUT2D eigenvalue weighted by atomic mass is 16.5. The van der Waals surface area contributed by atoms with E-state index in [0.29, 0.717) is 31.7 Å². The van der Waals surface area contributed by atoms with E-state index >= 15 is 0 Å². The summed E-state index contributed by atoms with van der Waals surface area (Å²) < 4.78 is 5.89. The number of carbonyl (C=O) groups excluding carboxylic acids is 1. The number of amides is 1. The molecule has 7 heteroatoms. The lowest BCUT2D eigenvalue weighted by atomic mass is 10.0. The lowest BCUT2D eigenvalue weighted by Gasteiger charge is -2.28. The minimum atomic E-state index is -0.829. The van der Waals surface area contributed by atoms with Gasteiger partial charge in [0.05, 0.1) is 18.4 Å². The number of aromatic hydroxyl groups is 1. The Labute approximate surface area is 258 Å². The number of rotatable bonds is 14. The standard InChI is InChI=1S/C37H37N3O4/c1-2-44-37-20-18-31(24-33(37)28-9-5-3-6-10-28)39-30-16-13-27(14-17-30)21-22-40(32-11-7-4-8-12-32)25-36(43)29-15-19-35(42)34(23-29)38-26-41/h3-20,23-24,26,36,39,42-43H,2,21-22,25H2,1H3,(H,38,41)/t36-/m1/s1. The van der Waals surface area contributed by atoms with E-state index < -0.39 is 6.10 Å². The van der Waals surface area contributed by atoms with E-state index in [1.807, 2.05) is 67.6 Å². The van der Waals surface area contributed by atoms with Crippen LogP contribution in [0.5, 0.6) is 11.5 Å². The van der Waals surface area contributed by atoms with Crippen molar-refractivity contribution in [1.82, 2.24) is 0 Å². The van der Waals surface area contributed by atoms with E-state index in [-0.39, 0.29) is 11.4 Å². The molecule has 0 saturated carbocycles. The van der Waals surface area contributed by atoms with Crippen LogP contribution < -0.4 is 20.3 Å². The summed E-state index contributed by atoms with van der Waals surface area (Å²) in [4.78, 5) is 13.0. The van der Waals surface area contributed by atoms with Crippen molar-refractivity contribution < 1.29 is 19.7 Å². The van der Waals surface area contributed by atoms with Crippen molar-refractivity contribution in [3.05, 3.63) is 132 Å². The summed E-state index contributed by atoms with van der Waals surface area (Å²) in [5.74, 6) is 0.807. The van der Waals surface area contributed by atoms with Gasteiger partial charge in [-0.05, 0) is 84.6 Å². The average molecular weight is 588 g/mol. The molecule has 4 N–H and O–H groups in total. The molecule has 7 nitrogen and oxygen atoms in total. The lowest BCUT2D eigenvalue weighted by molar-refractivity contribution is -0.105. The number of phenols is 1. The smallest absolute Gasteiger partial charge is 0.211 e. The number of ether oxygens (including phenoxy) is 1. The van der Waals surface area contributed by atoms with Crippen LogP contribution in [0.3, 0.4) is 0 Å². The van der Waals surface area contributed by atoms with Crippen LogP contribution in [0.2, 0.25) is 0 Å². The molecule has 5 rings (SSSR count). The fourth-order valence-corrected chi connectivity index (χ4v) is 5.14. The number of aliphatic hydroxyl groups excluding tert-OH is 1. The largest absolute Gasteiger partial charge is 0.506 e. The van der Waals surface area contributed by atoms with E-state index in [1.165, 1.54) is 11.6 Å². The second kappa shape index (κ2) is 14.8. The molecule has 0 aliphatic rings. The van der Waals surface area contributed by atoms with Gasteiger partial charge in [0.25, 0.3) is 0 Å². The van der Waals surface area contributed by atoms with Crippen LogP contribution in [0.15, 0.2) is 121 Å². The third-order valence-electron chi connectivity index (χ3n) is 7.41. The van der Waals surface area contributed by atoms with Crippen LogP contribution in [0.1, 0.15) is 24.2 Å². The van der Waals surface area contributed by atoms with Crippen LogP contribution >= 0.6 is 0 Å². The quantitative estimate of drug-likeness (QED) is 0.0792. The minimum Gasteiger partial charge on any atom is -0.506 e. The number of nitrogens with one attached hydrogen (secondary N) is 2. The van der Waals surface area contributed by atoms with Crippen molar-refractivity contribution in [1.29, 1.82) is 0 Å². The molecule has 0 radical (unpaired) electrons. The third kappa shape index (κ3) is 7.76. The first-order valence-corrected chi connectivity index (χ1v) is 14.7. The lowest BCUT2D eigenvalue weighted by Crippen LogP contribution is -2.30. The molecule has 0 fully saturated rings. The van der Waals surface area contributed by atoms with Crippen LogP contribution in [0.4, 0.5) is 22.7 Å². The predicted molar refractivity (Wildman–Crippen MR) is 178 cm³/mol. The monoisotopic (exact) mass is 587 g/mol. The summed E-state index contributed by atoms with van der Waals surface area (Å²) in [5, 5.41) is 27.1. The van der Waals surface area contributed by atoms with Gasteiger partial charge in [-0.3, -0.25) is 4.79 Å². The number of carbonyl (C=O) groups is 1. The summed E-state index contributed by atoms with van der Waals surface area (Å²) in [7, 11) is 0. The molecule has 0 heterocycles. The number of phenolic OH excluding ortho intramolecular Hbond substituents is 1. The van der Waals surface area contributed by atoms with Gasteiger partial charge in [-0.15, -0.1) is 0 Å². The van der Waals surface area contributed by atoms with E-state index in [1.54, 1.807) is 12.1 Å². The van der Waals surface area contributed by atoms with E-state index in [0.717, 1.165) is 40.4 Å². The second-order valence-electron chi connectivity index (χ2n) is 10.4. The van der Waals surface area contributed by atoms with Crippen molar-refractivity contribution in [2.45, 2.75) is 19.4 Å². The normalized spacial score (nSPS) is 11.4. The third-order valence-corrected chi connectivity index (χ3v) is 7.41. The molecule has 0 aliphatic heterocycles. The highest BCUT2D eigenvalue weighted by molar-refractivity contribution is 5.77. The molecular formula is C37H37N3O4. The highest BCUT2D eigenvalue weighted by Gasteiger charge is 2.16. The molecule has 0 spiro atoms. The first-order chi connectivity index (χ1) is 21.5. The Hall–Kier alpha value is -5.27. The fourth-order valence-electron chi connectivity index (χ4n) is 5.14. The zero-order valence-electron chi connectivity index (χ0n) is 24.7. The predicted octanol–water partition coefficient (Wildman–Crippen LogP) is 7.55. The number of benzene rings is 5. The fraction of sp³-hybridized carbons (Fsp3) is 0.162. The Bertz CT molecular complexity index is 1640. The molecule has 5 aromatic rings. The van der Waals surface area contributed by atoms with Gasteiger partial charge < -0.3 is 30.5 Å². The Morgan fingerprint density at radius 2 is 1.55 bits per heavy atom. The van der Waals surface area contributed by atoms with Crippen molar-refractivity contribution in [3.8, 4) is 22.6 Å². The van der Waals surface area contributed by atoms with Crippen molar-refractivity contribution in [3.63, 3.8) is 0 Å². The molecule has 0 aromatic heterocycles. The SMILES string of the molecule is CCOc1ccc(Nc2ccc(CCN(C[C@@H](O)c3ccc(O)c(NC=O)c3)c3ccccc3)cc2)cc1-c1ccccc1. The number of nitrogens with zero attached hydrogens (tertiary/aromatic N) is 1. The van der Waals surface area contributed by atoms with Gasteiger partial charge in [0.1, 0.15) is 11.5 Å². The van der Waals surface area contributed by atoms with Gasteiger partial charge in [-0.2, -0.15) is 0 Å².